The van der Waals surface area contributed by atoms with Crippen molar-refractivity contribution in [1.82, 2.24) is 30.2 Å². The number of nitrogens with one attached hydrogen (secondary N) is 1. The van der Waals surface area contributed by atoms with Crippen LogP contribution in [0, 0.1) is 0 Å². The molecule has 4 aromatic rings. The number of amides is 1. The first-order valence-corrected chi connectivity index (χ1v) is 9.40. The Kier molecular flexibility index (Phi) is 5.58. The van der Waals surface area contributed by atoms with Gasteiger partial charge in [-0.1, -0.05) is 12.1 Å². The van der Waals surface area contributed by atoms with Gasteiger partial charge in [-0.25, -0.2) is 15.1 Å². The Labute approximate surface area is 173 Å². The molecule has 0 saturated heterocycles. The lowest BCUT2D eigenvalue weighted by Gasteiger charge is -2.11. The predicted molar refractivity (Wildman–Crippen MR) is 112 cm³/mol. The van der Waals surface area contributed by atoms with Gasteiger partial charge in [-0.3, -0.25) is 19.6 Å². The molecule has 0 aliphatic carbocycles. The Morgan fingerprint density at radius 3 is 2.73 bits per heavy atom. The van der Waals surface area contributed by atoms with Crippen molar-refractivity contribution in [3.05, 3.63) is 85.1 Å². The summed E-state index contributed by atoms with van der Waals surface area (Å²) in [6.07, 6.45) is 9.79. The third kappa shape index (κ3) is 4.08. The second-order valence-electron chi connectivity index (χ2n) is 6.69. The van der Waals surface area contributed by atoms with Crippen molar-refractivity contribution in [2.75, 3.05) is 0 Å². The number of carbonyl (C=O) groups is 1. The molecule has 1 N–H and O–H groups in total. The molecule has 0 aliphatic rings. The summed E-state index contributed by atoms with van der Waals surface area (Å²) in [5.41, 5.74) is 5.86. The highest BCUT2D eigenvalue weighted by Gasteiger charge is 2.18. The van der Waals surface area contributed by atoms with Gasteiger partial charge in [-0.2, -0.15) is 5.10 Å². The van der Waals surface area contributed by atoms with Crippen LogP contribution in [-0.4, -0.2) is 36.7 Å². The molecule has 0 aromatic carbocycles. The van der Waals surface area contributed by atoms with Gasteiger partial charge in [0, 0.05) is 30.4 Å². The van der Waals surface area contributed by atoms with Crippen LogP contribution in [0.3, 0.4) is 0 Å². The van der Waals surface area contributed by atoms with Crippen LogP contribution in [0.25, 0.3) is 22.3 Å². The SMILES string of the molecule is C=CC(C)ONC(=O)c1cc(-c2cccnc2)nc2c1cnn2Cc1cccnc1. The average Bonchev–Trinajstić information content (AvgIpc) is 3.20. The molecule has 1 unspecified atom stereocenters. The molecule has 30 heavy (non-hydrogen) atoms. The highest BCUT2D eigenvalue weighted by atomic mass is 16.7. The molecule has 8 nitrogen and oxygen atoms in total. The fraction of sp³-hybridized carbons (Fsp3) is 0.136. The second kappa shape index (κ2) is 8.62. The van der Waals surface area contributed by atoms with Crippen molar-refractivity contribution in [2.24, 2.45) is 0 Å². The summed E-state index contributed by atoms with van der Waals surface area (Å²) >= 11 is 0. The fourth-order valence-corrected chi connectivity index (χ4v) is 2.93. The predicted octanol–water partition coefficient (Wildman–Crippen LogP) is 3.17. The molecule has 8 heteroatoms. The number of pyridine rings is 3. The van der Waals surface area contributed by atoms with E-state index in [2.05, 4.69) is 27.1 Å². The summed E-state index contributed by atoms with van der Waals surface area (Å²) in [4.78, 5) is 31.3. The van der Waals surface area contributed by atoms with Crippen molar-refractivity contribution in [1.29, 1.82) is 0 Å². The van der Waals surface area contributed by atoms with E-state index in [-0.39, 0.29) is 12.0 Å². The molecule has 1 atom stereocenters. The molecule has 0 bridgehead atoms. The van der Waals surface area contributed by atoms with E-state index in [1.807, 2.05) is 24.3 Å². The van der Waals surface area contributed by atoms with E-state index in [1.165, 1.54) is 0 Å². The van der Waals surface area contributed by atoms with Crippen molar-refractivity contribution < 1.29 is 9.63 Å². The summed E-state index contributed by atoms with van der Waals surface area (Å²) in [6.45, 7) is 5.90. The summed E-state index contributed by atoms with van der Waals surface area (Å²) in [5.74, 6) is -0.387. The first kappa shape index (κ1) is 19.4. The molecule has 4 aromatic heterocycles. The summed E-state index contributed by atoms with van der Waals surface area (Å²) < 4.78 is 1.75. The monoisotopic (exact) mass is 400 g/mol. The lowest BCUT2D eigenvalue weighted by Crippen LogP contribution is -2.27. The van der Waals surface area contributed by atoms with Gasteiger partial charge in [0.25, 0.3) is 5.91 Å². The highest BCUT2D eigenvalue weighted by Crippen LogP contribution is 2.25. The molecule has 4 rings (SSSR count). The molecule has 150 valence electrons. The first-order valence-electron chi connectivity index (χ1n) is 9.40. The van der Waals surface area contributed by atoms with E-state index >= 15 is 0 Å². The van der Waals surface area contributed by atoms with Crippen LogP contribution in [0.5, 0.6) is 0 Å². The molecule has 0 spiro atoms. The molecular formula is C22H20N6O2. The Hall–Kier alpha value is -3.91. The maximum absolute atomic E-state index is 12.9. The number of hydrogen-bond acceptors (Lipinski definition) is 6. The molecule has 4 heterocycles. The van der Waals surface area contributed by atoms with Crippen molar-refractivity contribution in [3.8, 4) is 11.3 Å². The van der Waals surface area contributed by atoms with Crippen LogP contribution in [0.15, 0.2) is 74.0 Å². The van der Waals surface area contributed by atoms with Gasteiger partial charge >= 0.3 is 0 Å². The quantitative estimate of drug-likeness (QED) is 0.378. The van der Waals surface area contributed by atoms with Crippen molar-refractivity contribution in [3.63, 3.8) is 0 Å². The first-order chi connectivity index (χ1) is 14.7. The molecular weight excluding hydrogens is 380 g/mol. The van der Waals surface area contributed by atoms with Crippen LogP contribution < -0.4 is 5.48 Å². The number of fused-ring (bicyclic) bond motifs is 1. The van der Waals surface area contributed by atoms with Gasteiger partial charge in [-0.05, 0) is 36.8 Å². The lowest BCUT2D eigenvalue weighted by molar-refractivity contribution is 0.0115. The van der Waals surface area contributed by atoms with E-state index in [0.29, 0.717) is 28.8 Å². The molecule has 0 aliphatic heterocycles. The minimum atomic E-state index is -0.387. The van der Waals surface area contributed by atoms with Gasteiger partial charge in [-0.15, -0.1) is 6.58 Å². The van der Waals surface area contributed by atoms with Gasteiger partial charge in [0.2, 0.25) is 0 Å². The van der Waals surface area contributed by atoms with Crippen molar-refractivity contribution in [2.45, 2.75) is 19.6 Å². The van der Waals surface area contributed by atoms with E-state index in [1.54, 1.807) is 54.7 Å². The summed E-state index contributed by atoms with van der Waals surface area (Å²) in [7, 11) is 0. The maximum Gasteiger partial charge on any atom is 0.275 e. The van der Waals surface area contributed by atoms with E-state index < -0.39 is 0 Å². The molecule has 0 fully saturated rings. The number of nitrogens with zero attached hydrogens (tertiary/aromatic N) is 5. The standard InChI is InChI=1S/C22H20N6O2/c1-3-15(2)30-27-22(29)18-10-20(17-7-5-9-24-12-17)26-21-19(18)13-25-28(21)14-16-6-4-8-23-11-16/h3-13,15H,1,14H2,2H3,(H,27,29). The third-order valence-corrected chi connectivity index (χ3v) is 4.54. The summed E-state index contributed by atoms with van der Waals surface area (Å²) in [5, 5.41) is 5.08. The van der Waals surface area contributed by atoms with Crippen LogP contribution in [-0.2, 0) is 11.4 Å². The van der Waals surface area contributed by atoms with Crippen LogP contribution in [0.4, 0.5) is 0 Å². The van der Waals surface area contributed by atoms with Gasteiger partial charge in [0.15, 0.2) is 5.65 Å². The Morgan fingerprint density at radius 2 is 2.03 bits per heavy atom. The molecule has 0 saturated carbocycles. The van der Waals surface area contributed by atoms with Gasteiger partial charge < -0.3 is 0 Å². The van der Waals surface area contributed by atoms with E-state index in [9.17, 15) is 4.79 Å². The van der Waals surface area contributed by atoms with Gasteiger partial charge in [0.1, 0.15) is 6.10 Å². The second-order valence-corrected chi connectivity index (χ2v) is 6.69. The number of aromatic nitrogens is 5. The minimum absolute atomic E-state index is 0.322. The smallest absolute Gasteiger partial charge is 0.267 e. The fourth-order valence-electron chi connectivity index (χ4n) is 2.93. The average molecular weight is 400 g/mol. The molecule has 0 radical (unpaired) electrons. The van der Waals surface area contributed by atoms with Crippen molar-refractivity contribution >= 4 is 16.9 Å². The zero-order chi connectivity index (χ0) is 20.9. The maximum atomic E-state index is 12.9. The third-order valence-electron chi connectivity index (χ3n) is 4.54. The topological polar surface area (TPSA) is 94.8 Å². The lowest BCUT2D eigenvalue weighted by atomic mass is 10.1. The molecule has 1 amide bonds. The number of hydrogen-bond donors (Lipinski definition) is 1. The number of rotatable bonds is 7. The van der Waals surface area contributed by atoms with E-state index in [4.69, 9.17) is 9.82 Å². The number of carbonyl (C=O) groups excluding carboxylic acids is 1. The van der Waals surface area contributed by atoms with E-state index in [0.717, 1.165) is 11.1 Å². The normalized spacial score (nSPS) is 11.9. The summed E-state index contributed by atoms with van der Waals surface area (Å²) in [6, 6.07) is 9.26. The van der Waals surface area contributed by atoms with Crippen LogP contribution >= 0.6 is 0 Å². The zero-order valence-corrected chi connectivity index (χ0v) is 16.4. The number of hydroxylamine groups is 1. The Morgan fingerprint density at radius 1 is 1.23 bits per heavy atom. The zero-order valence-electron chi connectivity index (χ0n) is 16.4. The highest BCUT2D eigenvalue weighted by molar-refractivity contribution is 6.06. The van der Waals surface area contributed by atoms with Crippen LogP contribution in [0.1, 0.15) is 22.8 Å². The Bertz CT molecular complexity index is 1170. The van der Waals surface area contributed by atoms with Gasteiger partial charge in [0.05, 0.1) is 29.4 Å². The van der Waals surface area contributed by atoms with Crippen LogP contribution in [0.2, 0.25) is 0 Å². The Balaban J connectivity index is 1.79. The largest absolute Gasteiger partial charge is 0.275 e. The minimum Gasteiger partial charge on any atom is -0.267 e.